The van der Waals surface area contributed by atoms with Crippen LogP contribution >= 0.6 is 11.6 Å². The normalized spacial score (nSPS) is 15.6. The van der Waals surface area contributed by atoms with E-state index in [-0.39, 0.29) is 63.5 Å². The molecule has 0 radical (unpaired) electrons. The molecule has 0 spiro atoms. The maximum Gasteiger partial charge on any atom is 0.435 e. The minimum Gasteiger partial charge on any atom is -0.490 e. The molecule has 2 fully saturated rings. The van der Waals surface area contributed by atoms with Gasteiger partial charge in [-0.15, -0.1) is 0 Å². The van der Waals surface area contributed by atoms with Crippen LogP contribution in [0.1, 0.15) is 39.5 Å². The minimum atomic E-state index is -4.92. The van der Waals surface area contributed by atoms with Crippen LogP contribution in [0.25, 0.3) is 28.3 Å². The Morgan fingerprint density at radius 1 is 1.04 bits per heavy atom. The highest BCUT2D eigenvalue weighted by Gasteiger charge is 2.40. The summed E-state index contributed by atoms with van der Waals surface area (Å²) in [7, 11) is 2.89. The lowest BCUT2D eigenvalue weighted by Crippen LogP contribution is -2.52. The number of hydrogen-bond donors (Lipinski definition) is 2. The number of methoxy groups -OCH3 is 1. The molecular formula is C34H37ClF3N9O5. The number of piperidine rings is 1. The number of nitrogens with zero attached hydrogens (tertiary/aromatic N) is 7. The Bertz CT molecular complexity index is 1950. The molecule has 0 bridgehead atoms. The molecule has 4 aromatic rings. The van der Waals surface area contributed by atoms with E-state index in [2.05, 4.69) is 20.4 Å². The molecule has 3 amide bonds. The number of piperazine rings is 1. The summed E-state index contributed by atoms with van der Waals surface area (Å²) in [5.41, 5.74) is 4.16. The highest BCUT2D eigenvalue weighted by atomic mass is 35.5. The quantitative estimate of drug-likeness (QED) is 0.232. The van der Waals surface area contributed by atoms with E-state index in [0.717, 1.165) is 41.4 Å². The number of alkyl halides is 3. The van der Waals surface area contributed by atoms with E-state index in [9.17, 15) is 27.6 Å². The fourth-order valence-electron chi connectivity index (χ4n) is 6.40. The molecule has 2 aliphatic heterocycles. The van der Waals surface area contributed by atoms with Gasteiger partial charge in [0, 0.05) is 58.0 Å². The summed E-state index contributed by atoms with van der Waals surface area (Å²) in [6.45, 7) is 3.64. The zero-order valence-electron chi connectivity index (χ0n) is 28.5. The van der Waals surface area contributed by atoms with E-state index in [4.69, 9.17) is 26.8 Å². The SMILES string of the molecule is COCCOc1ccc(-n2cc(-c3c(-c4ccc(C(=O)N5CCN(C(=O)C6CCNCC6)CC5)c(Cl)c4)nc(C(N)=O)n3C)c(C(F)(F)F)n2)nc1. The number of halogens is 4. The van der Waals surface area contributed by atoms with Crippen LogP contribution in [0.2, 0.25) is 5.02 Å². The number of aromatic nitrogens is 5. The van der Waals surface area contributed by atoms with Crippen molar-refractivity contribution >= 4 is 29.3 Å². The van der Waals surface area contributed by atoms with Gasteiger partial charge in [-0.25, -0.2) is 14.6 Å². The average Bonchev–Trinajstić information content (AvgIpc) is 3.74. The van der Waals surface area contributed by atoms with Crippen molar-refractivity contribution in [2.24, 2.45) is 18.7 Å². The Morgan fingerprint density at radius 3 is 2.37 bits per heavy atom. The Morgan fingerprint density at radius 2 is 1.75 bits per heavy atom. The summed E-state index contributed by atoms with van der Waals surface area (Å²) in [6, 6.07) is 7.34. The average molecular weight is 744 g/mol. The van der Waals surface area contributed by atoms with Gasteiger partial charge in [-0.2, -0.15) is 18.3 Å². The van der Waals surface area contributed by atoms with Crippen LogP contribution in [0.5, 0.6) is 5.75 Å². The first-order valence-corrected chi connectivity index (χ1v) is 17.0. The van der Waals surface area contributed by atoms with Crippen molar-refractivity contribution in [1.82, 2.24) is 39.4 Å². The fraction of sp³-hybridized carbons (Fsp3) is 0.412. The van der Waals surface area contributed by atoms with E-state index < -0.39 is 23.3 Å². The van der Waals surface area contributed by atoms with Gasteiger partial charge >= 0.3 is 6.18 Å². The third-order valence-electron chi connectivity index (χ3n) is 9.10. The van der Waals surface area contributed by atoms with Gasteiger partial charge in [-0.1, -0.05) is 17.7 Å². The smallest absolute Gasteiger partial charge is 0.435 e. The second-order valence-electron chi connectivity index (χ2n) is 12.4. The fourth-order valence-corrected chi connectivity index (χ4v) is 6.66. The summed E-state index contributed by atoms with van der Waals surface area (Å²) < 4.78 is 56.2. The Kier molecular flexibility index (Phi) is 10.8. The molecule has 18 heteroatoms. The Balaban J connectivity index is 1.29. The molecule has 0 atom stereocenters. The van der Waals surface area contributed by atoms with E-state index in [0.29, 0.717) is 38.5 Å². The molecule has 14 nitrogen and oxygen atoms in total. The number of rotatable bonds is 10. The van der Waals surface area contributed by atoms with E-state index >= 15 is 0 Å². The van der Waals surface area contributed by atoms with Crippen LogP contribution in [0.3, 0.4) is 0 Å². The van der Waals surface area contributed by atoms with E-state index in [1.54, 1.807) is 9.80 Å². The van der Waals surface area contributed by atoms with Crippen LogP contribution in [0.15, 0.2) is 42.7 Å². The monoisotopic (exact) mass is 743 g/mol. The molecule has 0 unspecified atom stereocenters. The zero-order valence-corrected chi connectivity index (χ0v) is 29.2. The molecule has 5 heterocycles. The van der Waals surface area contributed by atoms with Crippen molar-refractivity contribution in [1.29, 1.82) is 0 Å². The number of hydrogen-bond acceptors (Lipinski definition) is 9. The highest BCUT2D eigenvalue weighted by Crippen LogP contribution is 2.41. The van der Waals surface area contributed by atoms with Gasteiger partial charge in [0.2, 0.25) is 5.91 Å². The summed E-state index contributed by atoms with van der Waals surface area (Å²) in [5, 5.41) is 7.10. The second kappa shape index (κ2) is 15.3. The molecule has 2 saturated heterocycles. The molecule has 0 aliphatic carbocycles. The van der Waals surface area contributed by atoms with Gasteiger partial charge in [0.1, 0.15) is 12.4 Å². The number of nitrogens with one attached hydrogen (secondary N) is 1. The van der Waals surface area contributed by atoms with Gasteiger partial charge in [-0.3, -0.25) is 14.4 Å². The number of primary amides is 1. The van der Waals surface area contributed by atoms with Crippen molar-refractivity contribution in [2.45, 2.75) is 19.0 Å². The number of pyridine rings is 1. The van der Waals surface area contributed by atoms with Gasteiger partial charge in [0.05, 0.1) is 40.3 Å². The lowest BCUT2D eigenvalue weighted by Gasteiger charge is -2.37. The maximum atomic E-state index is 14.5. The number of ether oxygens (including phenoxy) is 2. The zero-order chi connectivity index (χ0) is 37.2. The first-order chi connectivity index (χ1) is 24.9. The van der Waals surface area contributed by atoms with Crippen molar-refractivity contribution in [3.05, 3.63) is 64.8 Å². The number of benzene rings is 1. The predicted molar refractivity (Wildman–Crippen MR) is 183 cm³/mol. The third-order valence-corrected chi connectivity index (χ3v) is 9.42. The number of carbonyl (C=O) groups excluding carboxylic acids is 3. The molecule has 52 heavy (non-hydrogen) atoms. The largest absolute Gasteiger partial charge is 0.490 e. The van der Waals surface area contributed by atoms with Crippen LogP contribution in [-0.4, -0.2) is 111 Å². The number of imidazole rings is 1. The van der Waals surface area contributed by atoms with Gasteiger partial charge < -0.3 is 34.9 Å². The number of carbonyl (C=O) groups is 3. The van der Waals surface area contributed by atoms with Crippen molar-refractivity contribution < 1.29 is 37.0 Å². The minimum absolute atomic E-state index is 0.0201. The molecule has 3 aromatic heterocycles. The lowest BCUT2D eigenvalue weighted by atomic mass is 9.96. The third kappa shape index (κ3) is 7.61. The number of amides is 3. The molecule has 3 N–H and O–H groups in total. The maximum absolute atomic E-state index is 14.5. The van der Waals surface area contributed by atoms with Gasteiger partial charge in [0.15, 0.2) is 17.3 Å². The highest BCUT2D eigenvalue weighted by molar-refractivity contribution is 6.34. The van der Waals surface area contributed by atoms with Crippen LogP contribution in [0.4, 0.5) is 13.2 Å². The van der Waals surface area contributed by atoms with Crippen molar-refractivity contribution in [2.75, 3.05) is 59.6 Å². The summed E-state index contributed by atoms with van der Waals surface area (Å²) in [4.78, 5) is 50.9. The van der Waals surface area contributed by atoms with Crippen molar-refractivity contribution in [3.63, 3.8) is 0 Å². The molecular weight excluding hydrogens is 707 g/mol. The van der Waals surface area contributed by atoms with Gasteiger partial charge in [-0.05, 0) is 50.2 Å². The van der Waals surface area contributed by atoms with E-state index in [1.165, 1.54) is 50.7 Å². The summed E-state index contributed by atoms with van der Waals surface area (Å²) >= 11 is 6.66. The van der Waals surface area contributed by atoms with Crippen LogP contribution in [0, 0.1) is 5.92 Å². The molecule has 2 aliphatic rings. The molecule has 0 saturated carbocycles. The summed E-state index contributed by atoms with van der Waals surface area (Å²) in [5.74, 6) is -1.10. The Hall–Kier alpha value is -5.00. The van der Waals surface area contributed by atoms with E-state index in [1.807, 2.05) is 0 Å². The predicted octanol–water partition coefficient (Wildman–Crippen LogP) is 3.42. The number of nitrogens with two attached hydrogens (primary N) is 1. The lowest BCUT2D eigenvalue weighted by molar-refractivity contribution is -0.141. The van der Waals surface area contributed by atoms with Crippen LogP contribution < -0.4 is 15.8 Å². The Labute approximate surface area is 301 Å². The van der Waals surface area contributed by atoms with Crippen LogP contribution in [-0.2, 0) is 22.8 Å². The summed E-state index contributed by atoms with van der Waals surface area (Å²) in [6.07, 6.45) is -0.865. The first kappa shape index (κ1) is 36.8. The second-order valence-corrected chi connectivity index (χ2v) is 12.8. The van der Waals surface area contributed by atoms with Gasteiger partial charge in [0.25, 0.3) is 11.8 Å². The topological polar surface area (TPSA) is 163 Å². The standard InChI is InChI=1S/C34H37ClF3N9O5/c1-44-28(24-19-47(43-29(24)34(36,37)38)26-6-4-22(18-41-26)52-16-15-51-2)27(42-31(44)30(39)48)21-3-5-23(25(35)17-21)33(50)46-13-11-45(12-14-46)32(49)20-7-9-40-10-8-20/h3-6,17-20,40H,7-16H2,1-2H3,(H2,39,48). The molecule has 6 rings (SSSR count). The molecule has 276 valence electrons. The van der Waals surface area contributed by atoms with Crippen molar-refractivity contribution in [3.8, 4) is 34.1 Å². The first-order valence-electron chi connectivity index (χ1n) is 16.6. The molecule has 1 aromatic carbocycles.